The molecule has 2 aromatic rings. The van der Waals surface area contributed by atoms with Crippen molar-refractivity contribution >= 4 is 11.4 Å². The second-order valence-electron chi connectivity index (χ2n) is 3.75. The summed E-state index contributed by atoms with van der Waals surface area (Å²) in [5, 5.41) is 16.2. The molecule has 0 atom stereocenters. The third kappa shape index (κ3) is 2.55. The van der Waals surface area contributed by atoms with Crippen LogP contribution in [-0.4, -0.2) is 9.78 Å². The van der Waals surface area contributed by atoms with Crippen molar-refractivity contribution in [2.45, 2.75) is 6.54 Å². The second kappa shape index (κ2) is 4.58. The lowest BCUT2D eigenvalue weighted by Gasteiger charge is -2.07. The number of benzene rings is 1. The van der Waals surface area contributed by atoms with E-state index in [0.29, 0.717) is 17.8 Å². The number of rotatable bonds is 3. The first-order valence-corrected chi connectivity index (χ1v) is 5.21. The summed E-state index contributed by atoms with van der Waals surface area (Å²) in [7, 11) is 1.87. The van der Waals surface area contributed by atoms with Crippen molar-refractivity contribution in [3.63, 3.8) is 0 Å². The highest BCUT2D eigenvalue weighted by molar-refractivity contribution is 5.68. The van der Waals surface area contributed by atoms with Crippen LogP contribution in [0.1, 0.15) is 11.3 Å². The van der Waals surface area contributed by atoms with Crippen LogP contribution in [0.4, 0.5) is 11.4 Å². The minimum atomic E-state index is 0.561. The van der Waals surface area contributed by atoms with Crippen LogP contribution in [0.15, 0.2) is 30.5 Å². The van der Waals surface area contributed by atoms with E-state index in [1.165, 1.54) is 0 Å². The van der Waals surface area contributed by atoms with Crippen molar-refractivity contribution in [2.24, 2.45) is 7.05 Å². The average molecular weight is 227 g/mol. The Balaban J connectivity index is 2.07. The van der Waals surface area contributed by atoms with E-state index in [-0.39, 0.29) is 0 Å². The Bertz CT molecular complexity index is 565. The van der Waals surface area contributed by atoms with E-state index in [0.717, 1.165) is 11.4 Å². The van der Waals surface area contributed by atoms with Crippen LogP contribution in [-0.2, 0) is 13.6 Å². The van der Waals surface area contributed by atoms with Crippen LogP contribution in [0, 0.1) is 11.3 Å². The number of nitrogens with one attached hydrogen (secondary N) is 1. The molecule has 5 nitrogen and oxygen atoms in total. The van der Waals surface area contributed by atoms with Gasteiger partial charge in [0.1, 0.15) is 0 Å². The van der Waals surface area contributed by atoms with Gasteiger partial charge in [0.25, 0.3) is 0 Å². The standard InChI is InChI=1S/C12H13N5/c1-17-5-4-10(16-17)8-15-12-3-2-9(7-13)6-11(12)14/h2-6,15H,8,14H2,1H3. The van der Waals surface area contributed by atoms with Gasteiger partial charge in [0.2, 0.25) is 0 Å². The first-order chi connectivity index (χ1) is 8.19. The molecule has 0 radical (unpaired) electrons. The normalized spacial score (nSPS) is 9.88. The summed E-state index contributed by atoms with van der Waals surface area (Å²) in [6, 6.07) is 9.18. The summed E-state index contributed by atoms with van der Waals surface area (Å²) in [5.41, 5.74) is 8.71. The lowest BCUT2D eigenvalue weighted by molar-refractivity contribution is 0.747. The van der Waals surface area contributed by atoms with E-state index < -0.39 is 0 Å². The maximum absolute atomic E-state index is 8.72. The molecule has 17 heavy (non-hydrogen) atoms. The van der Waals surface area contributed by atoms with Crippen LogP contribution < -0.4 is 11.1 Å². The van der Waals surface area contributed by atoms with Gasteiger partial charge in [0.15, 0.2) is 0 Å². The molecule has 1 aromatic carbocycles. The Morgan fingerprint density at radius 1 is 1.47 bits per heavy atom. The minimum Gasteiger partial charge on any atom is -0.397 e. The molecule has 5 heteroatoms. The average Bonchev–Trinajstić information content (AvgIpc) is 2.73. The number of aryl methyl sites for hydroxylation is 1. The van der Waals surface area contributed by atoms with Gasteiger partial charge in [0, 0.05) is 13.2 Å². The monoisotopic (exact) mass is 227 g/mol. The van der Waals surface area contributed by atoms with Gasteiger partial charge < -0.3 is 11.1 Å². The number of nitrogens with zero attached hydrogens (tertiary/aromatic N) is 3. The Labute approximate surface area is 99.5 Å². The molecule has 1 heterocycles. The SMILES string of the molecule is Cn1ccc(CNc2ccc(C#N)cc2N)n1. The number of hydrogen-bond donors (Lipinski definition) is 2. The van der Waals surface area contributed by atoms with E-state index in [1.54, 1.807) is 22.9 Å². The lowest BCUT2D eigenvalue weighted by atomic mass is 10.2. The van der Waals surface area contributed by atoms with Gasteiger partial charge in [-0.3, -0.25) is 4.68 Å². The first kappa shape index (κ1) is 11.0. The Morgan fingerprint density at radius 2 is 2.29 bits per heavy atom. The molecule has 1 aromatic heterocycles. The van der Waals surface area contributed by atoms with E-state index in [2.05, 4.69) is 10.4 Å². The van der Waals surface area contributed by atoms with Crippen LogP contribution in [0.2, 0.25) is 0 Å². The van der Waals surface area contributed by atoms with E-state index in [4.69, 9.17) is 11.0 Å². The number of nitrogens with two attached hydrogens (primary N) is 1. The number of nitriles is 1. The summed E-state index contributed by atoms with van der Waals surface area (Å²) >= 11 is 0. The predicted molar refractivity (Wildman–Crippen MR) is 66.1 cm³/mol. The van der Waals surface area contributed by atoms with Gasteiger partial charge in [-0.1, -0.05) is 0 Å². The Hall–Kier alpha value is -2.48. The second-order valence-corrected chi connectivity index (χ2v) is 3.75. The predicted octanol–water partition coefficient (Wildman–Crippen LogP) is 1.49. The molecule has 0 amide bonds. The maximum atomic E-state index is 8.72. The maximum Gasteiger partial charge on any atom is 0.0992 e. The lowest BCUT2D eigenvalue weighted by Crippen LogP contribution is -2.03. The fourth-order valence-corrected chi connectivity index (χ4v) is 1.54. The highest BCUT2D eigenvalue weighted by Gasteiger charge is 2.01. The quantitative estimate of drug-likeness (QED) is 0.778. The molecule has 0 aliphatic heterocycles. The largest absolute Gasteiger partial charge is 0.397 e. The summed E-state index contributed by atoms with van der Waals surface area (Å²) in [5.74, 6) is 0. The summed E-state index contributed by atoms with van der Waals surface area (Å²) in [4.78, 5) is 0. The summed E-state index contributed by atoms with van der Waals surface area (Å²) in [6.45, 7) is 0.608. The zero-order chi connectivity index (χ0) is 12.3. The van der Waals surface area contributed by atoms with Crippen molar-refractivity contribution in [1.82, 2.24) is 9.78 Å². The zero-order valence-electron chi connectivity index (χ0n) is 9.51. The van der Waals surface area contributed by atoms with Crippen molar-refractivity contribution in [3.8, 4) is 6.07 Å². The fraction of sp³-hybridized carbons (Fsp3) is 0.167. The number of nitrogen functional groups attached to an aromatic ring is 1. The Morgan fingerprint density at radius 3 is 2.88 bits per heavy atom. The fourth-order valence-electron chi connectivity index (χ4n) is 1.54. The third-order valence-corrected chi connectivity index (χ3v) is 2.41. The number of anilines is 2. The molecule has 0 aliphatic rings. The summed E-state index contributed by atoms with van der Waals surface area (Å²) < 4.78 is 1.75. The van der Waals surface area contributed by atoms with E-state index >= 15 is 0 Å². The van der Waals surface area contributed by atoms with Crippen molar-refractivity contribution in [2.75, 3.05) is 11.1 Å². The first-order valence-electron chi connectivity index (χ1n) is 5.21. The molecule has 0 spiro atoms. The number of aromatic nitrogens is 2. The molecular weight excluding hydrogens is 214 g/mol. The van der Waals surface area contributed by atoms with Crippen molar-refractivity contribution in [3.05, 3.63) is 41.7 Å². The van der Waals surface area contributed by atoms with Crippen molar-refractivity contribution < 1.29 is 0 Å². The van der Waals surface area contributed by atoms with Gasteiger partial charge in [-0.2, -0.15) is 10.4 Å². The summed E-state index contributed by atoms with van der Waals surface area (Å²) in [6.07, 6.45) is 1.89. The Kier molecular flexibility index (Phi) is 2.97. The van der Waals surface area contributed by atoms with E-state index in [1.807, 2.05) is 25.4 Å². The number of hydrogen-bond acceptors (Lipinski definition) is 4. The van der Waals surface area contributed by atoms with Crippen LogP contribution in [0.25, 0.3) is 0 Å². The van der Waals surface area contributed by atoms with Crippen molar-refractivity contribution in [1.29, 1.82) is 5.26 Å². The van der Waals surface area contributed by atoms with Gasteiger partial charge in [0.05, 0.1) is 35.2 Å². The van der Waals surface area contributed by atoms with Crippen LogP contribution >= 0.6 is 0 Å². The van der Waals surface area contributed by atoms with Crippen LogP contribution in [0.3, 0.4) is 0 Å². The topological polar surface area (TPSA) is 79.7 Å². The molecule has 0 saturated heterocycles. The van der Waals surface area contributed by atoms with Gasteiger partial charge in [-0.15, -0.1) is 0 Å². The minimum absolute atomic E-state index is 0.561. The zero-order valence-corrected chi connectivity index (χ0v) is 9.51. The third-order valence-electron chi connectivity index (χ3n) is 2.41. The highest BCUT2D eigenvalue weighted by atomic mass is 15.3. The van der Waals surface area contributed by atoms with Gasteiger partial charge in [-0.25, -0.2) is 0 Å². The highest BCUT2D eigenvalue weighted by Crippen LogP contribution is 2.19. The molecule has 0 fully saturated rings. The molecule has 2 rings (SSSR count). The molecular formula is C12H13N5. The molecule has 86 valence electrons. The smallest absolute Gasteiger partial charge is 0.0992 e. The molecule has 0 unspecified atom stereocenters. The molecule has 3 N–H and O–H groups in total. The van der Waals surface area contributed by atoms with Crippen LogP contribution in [0.5, 0.6) is 0 Å². The van der Waals surface area contributed by atoms with Gasteiger partial charge >= 0.3 is 0 Å². The van der Waals surface area contributed by atoms with E-state index in [9.17, 15) is 0 Å². The molecule has 0 bridgehead atoms. The molecule has 0 saturated carbocycles. The van der Waals surface area contributed by atoms with Gasteiger partial charge in [-0.05, 0) is 24.3 Å². The molecule has 0 aliphatic carbocycles.